The van der Waals surface area contributed by atoms with E-state index in [0.717, 1.165) is 36.6 Å². The van der Waals surface area contributed by atoms with Gasteiger partial charge >= 0.3 is 0 Å². The number of nitrogens with one attached hydrogen (secondary N) is 2. The molecule has 1 atom stereocenters. The number of imidazole rings is 1. The summed E-state index contributed by atoms with van der Waals surface area (Å²) in [5, 5.41) is 8.33. The van der Waals surface area contributed by atoms with Crippen LogP contribution in [0.5, 0.6) is 0 Å². The Labute approximate surface area is 109 Å². The summed E-state index contributed by atoms with van der Waals surface area (Å²) in [5.74, 6) is -0.0212. The number of hydrogen-bond acceptors (Lipinski definition) is 4. The maximum absolute atomic E-state index is 12.3. The lowest BCUT2D eigenvalue weighted by Gasteiger charge is -2.23. The Balaban J connectivity index is 1.82. The summed E-state index contributed by atoms with van der Waals surface area (Å²) in [5.41, 5.74) is 1.46. The van der Waals surface area contributed by atoms with Gasteiger partial charge in [-0.3, -0.25) is 9.20 Å². The number of piperidine rings is 1. The molecule has 0 spiro atoms. The molecule has 0 radical (unpaired) electrons. The fourth-order valence-electron chi connectivity index (χ4n) is 2.40. The quantitative estimate of drug-likeness (QED) is 0.856. The van der Waals surface area contributed by atoms with E-state index < -0.39 is 0 Å². The molecule has 0 bridgehead atoms. The molecule has 2 N–H and O–H groups in total. The largest absolute Gasteiger partial charge is 0.347 e. The zero-order valence-corrected chi connectivity index (χ0v) is 11.1. The molecule has 1 aliphatic rings. The van der Waals surface area contributed by atoms with Gasteiger partial charge in [-0.05, 0) is 26.3 Å². The SMILES string of the molecule is Cc1nc2sccn2c1C(=O)N[C@@H]1CCCNC1. The van der Waals surface area contributed by atoms with Gasteiger partial charge in [0.1, 0.15) is 5.69 Å². The molecule has 1 fully saturated rings. The Morgan fingerprint density at radius 1 is 1.67 bits per heavy atom. The Morgan fingerprint density at radius 2 is 2.56 bits per heavy atom. The highest BCUT2D eigenvalue weighted by Crippen LogP contribution is 2.17. The zero-order chi connectivity index (χ0) is 12.5. The summed E-state index contributed by atoms with van der Waals surface area (Å²) in [6, 6.07) is 0.231. The monoisotopic (exact) mass is 264 g/mol. The van der Waals surface area contributed by atoms with Gasteiger partial charge in [0.2, 0.25) is 0 Å². The minimum absolute atomic E-state index is 0.0212. The molecule has 18 heavy (non-hydrogen) atoms. The fourth-order valence-corrected chi connectivity index (χ4v) is 3.16. The molecule has 0 aromatic carbocycles. The summed E-state index contributed by atoms with van der Waals surface area (Å²) in [4.78, 5) is 17.6. The number of fused-ring (bicyclic) bond motifs is 1. The number of hydrogen-bond donors (Lipinski definition) is 2. The topological polar surface area (TPSA) is 58.4 Å². The number of amides is 1. The molecule has 2 aromatic heterocycles. The first kappa shape index (κ1) is 11.7. The van der Waals surface area contributed by atoms with Crippen LogP contribution in [0, 0.1) is 6.92 Å². The third kappa shape index (κ3) is 2.02. The molecule has 1 amide bonds. The van der Waals surface area contributed by atoms with Crippen LogP contribution >= 0.6 is 11.3 Å². The number of nitrogens with zero attached hydrogens (tertiary/aromatic N) is 2. The van der Waals surface area contributed by atoms with E-state index in [0.29, 0.717) is 5.69 Å². The van der Waals surface area contributed by atoms with Crippen molar-refractivity contribution in [3.63, 3.8) is 0 Å². The van der Waals surface area contributed by atoms with E-state index in [1.807, 2.05) is 22.9 Å². The molecule has 96 valence electrons. The third-order valence-electron chi connectivity index (χ3n) is 3.28. The molecule has 3 rings (SSSR count). The fraction of sp³-hybridized carbons (Fsp3) is 0.500. The molecule has 1 aliphatic heterocycles. The van der Waals surface area contributed by atoms with E-state index in [2.05, 4.69) is 15.6 Å². The second-order valence-corrected chi connectivity index (χ2v) is 5.49. The molecule has 0 aliphatic carbocycles. The maximum atomic E-state index is 12.3. The van der Waals surface area contributed by atoms with Gasteiger partial charge in [0.15, 0.2) is 4.96 Å². The highest BCUT2D eigenvalue weighted by Gasteiger charge is 2.21. The number of aryl methyl sites for hydroxylation is 1. The average molecular weight is 264 g/mol. The van der Waals surface area contributed by atoms with E-state index in [9.17, 15) is 4.79 Å². The van der Waals surface area contributed by atoms with Gasteiger partial charge in [0.05, 0.1) is 5.69 Å². The van der Waals surface area contributed by atoms with Gasteiger partial charge in [-0.25, -0.2) is 4.98 Å². The Morgan fingerprint density at radius 3 is 3.33 bits per heavy atom. The van der Waals surface area contributed by atoms with Crippen LogP contribution in [-0.2, 0) is 0 Å². The molecular weight excluding hydrogens is 248 g/mol. The van der Waals surface area contributed by atoms with Crippen molar-refractivity contribution >= 4 is 22.2 Å². The van der Waals surface area contributed by atoms with Crippen molar-refractivity contribution in [3.05, 3.63) is 23.0 Å². The lowest BCUT2D eigenvalue weighted by Crippen LogP contribution is -2.46. The lowest BCUT2D eigenvalue weighted by atomic mass is 10.1. The first-order valence-corrected chi connectivity index (χ1v) is 7.07. The average Bonchev–Trinajstić information content (AvgIpc) is 2.89. The third-order valence-corrected chi connectivity index (χ3v) is 4.04. The van der Waals surface area contributed by atoms with Gasteiger partial charge in [0.25, 0.3) is 5.91 Å². The maximum Gasteiger partial charge on any atom is 0.270 e. The van der Waals surface area contributed by atoms with E-state index in [4.69, 9.17) is 0 Å². The molecule has 0 saturated carbocycles. The first-order chi connectivity index (χ1) is 8.75. The van der Waals surface area contributed by atoms with Crippen LogP contribution in [0.4, 0.5) is 0 Å². The van der Waals surface area contributed by atoms with Crippen LogP contribution in [0.25, 0.3) is 4.96 Å². The zero-order valence-electron chi connectivity index (χ0n) is 10.3. The van der Waals surface area contributed by atoms with Gasteiger partial charge in [-0.1, -0.05) is 0 Å². The van der Waals surface area contributed by atoms with Gasteiger partial charge < -0.3 is 10.6 Å². The van der Waals surface area contributed by atoms with Crippen LogP contribution < -0.4 is 10.6 Å². The normalized spacial score (nSPS) is 20.2. The molecule has 6 heteroatoms. The van der Waals surface area contributed by atoms with Crippen molar-refractivity contribution < 1.29 is 4.79 Å². The number of rotatable bonds is 2. The molecule has 3 heterocycles. The Bertz CT molecular complexity index is 568. The molecular formula is C12H16N4OS. The number of thiazole rings is 1. The van der Waals surface area contributed by atoms with Crippen molar-refractivity contribution in [1.29, 1.82) is 0 Å². The van der Waals surface area contributed by atoms with E-state index in [1.54, 1.807) is 11.3 Å². The summed E-state index contributed by atoms with van der Waals surface area (Å²) < 4.78 is 1.87. The van der Waals surface area contributed by atoms with E-state index >= 15 is 0 Å². The summed E-state index contributed by atoms with van der Waals surface area (Å²) in [6.07, 6.45) is 4.06. The first-order valence-electron chi connectivity index (χ1n) is 6.19. The second kappa shape index (κ2) is 4.70. The Hall–Kier alpha value is -1.40. The summed E-state index contributed by atoms with van der Waals surface area (Å²) in [6.45, 7) is 3.79. The predicted molar refractivity (Wildman–Crippen MR) is 71.2 cm³/mol. The second-order valence-electron chi connectivity index (χ2n) is 4.62. The van der Waals surface area contributed by atoms with Gasteiger partial charge in [-0.2, -0.15) is 0 Å². The van der Waals surface area contributed by atoms with Gasteiger partial charge in [0, 0.05) is 24.2 Å². The highest BCUT2D eigenvalue weighted by molar-refractivity contribution is 7.15. The van der Waals surface area contributed by atoms with Crippen LogP contribution in [0.1, 0.15) is 29.0 Å². The summed E-state index contributed by atoms with van der Waals surface area (Å²) >= 11 is 1.55. The molecule has 2 aromatic rings. The van der Waals surface area contributed by atoms with Gasteiger partial charge in [-0.15, -0.1) is 11.3 Å². The lowest BCUT2D eigenvalue weighted by molar-refractivity contribution is 0.0924. The van der Waals surface area contributed by atoms with Crippen molar-refractivity contribution in [2.75, 3.05) is 13.1 Å². The molecule has 0 unspecified atom stereocenters. The van der Waals surface area contributed by atoms with Crippen LogP contribution in [-0.4, -0.2) is 34.4 Å². The summed E-state index contributed by atoms with van der Waals surface area (Å²) in [7, 11) is 0. The smallest absolute Gasteiger partial charge is 0.270 e. The number of carbonyl (C=O) groups is 1. The number of carbonyl (C=O) groups excluding carboxylic acids is 1. The van der Waals surface area contributed by atoms with E-state index in [1.165, 1.54) is 0 Å². The minimum atomic E-state index is -0.0212. The van der Waals surface area contributed by atoms with Crippen LogP contribution in [0.3, 0.4) is 0 Å². The number of aromatic nitrogens is 2. The van der Waals surface area contributed by atoms with Crippen molar-refractivity contribution in [2.24, 2.45) is 0 Å². The standard InChI is InChI=1S/C12H16N4OS/c1-8-10(16-5-6-18-12(16)14-8)11(17)15-9-3-2-4-13-7-9/h5-6,9,13H,2-4,7H2,1H3,(H,15,17)/t9-/m1/s1. The van der Waals surface area contributed by atoms with Crippen LogP contribution in [0.2, 0.25) is 0 Å². The minimum Gasteiger partial charge on any atom is -0.347 e. The molecule has 5 nitrogen and oxygen atoms in total. The Kier molecular flexibility index (Phi) is 3.05. The molecule has 1 saturated heterocycles. The highest BCUT2D eigenvalue weighted by atomic mass is 32.1. The van der Waals surface area contributed by atoms with Crippen molar-refractivity contribution in [1.82, 2.24) is 20.0 Å². The van der Waals surface area contributed by atoms with E-state index in [-0.39, 0.29) is 11.9 Å². The van der Waals surface area contributed by atoms with Crippen molar-refractivity contribution in [3.8, 4) is 0 Å². The van der Waals surface area contributed by atoms with Crippen molar-refractivity contribution in [2.45, 2.75) is 25.8 Å². The predicted octanol–water partition coefficient (Wildman–Crippen LogP) is 1.19. The van der Waals surface area contributed by atoms with Crippen LogP contribution in [0.15, 0.2) is 11.6 Å².